The van der Waals surface area contributed by atoms with E-state index in [2.05, 4.69) is 39.4 Å². The molecule has 0 spiro atoms. The summed E-state index contributed by atoms with van der Waals surface area (Å²) in [6, 6.07) is 16.2. The van der Waals surface area contributed by atoms with Crippen LogP contribution in [0.3, 0.4) is 0 Å². The maximum absolute atomic E-state index is 13.1. The number of carbonyl (C=O) groups excluding carboxylic acids is 1. The average molecular weight is 467 g/mol. The third kappa shape index (κ3) is 6.36. The summed E-state index contributed by atoms with van der Waals surface area (Å²) in [5, 5.41) is 8.63. The van der Waals surface area contributed by atoms with Gasteiger partial charge in [0.2, 0.25) is 11.8 Å². The molecule has 1 saturated heterocycles. The monoisotopic (exact) mass is 466 g/mol. The maximum Gasteiger partial charge on any atom is 0.277 e. The number of ether oxygens (including phenoxy) is 1. The summed E-state index contributed by atoms with van der Waals surface area (Å²) in [5.74, 6) is 0.724. The highest BCUT2D eigenvalue weighted by atomic mass is 32.2. The molecule has 1 aliphatic rings. The maximum atomic E-state index is 13.1. The first-order valence-corrected chi connectivity index (χ1v) is 12.2. The summed E-state index contributed by atoms with van der Waals surface area (Å²) >= 11 is 1.27. The molecular formula is C25H30N4O3S. The first-order valence-electron chi connectivity index (χ1n) is 11.2. The van der Waals surface area contributed by atoms with E-state index in [1.807, 2.05) is 50.2 Å². The fourth-order valence-corrected chi connectivity index (χ4v) is 4.37. The van der Waals surface area contributed by atoms with Gasteiger partial charge in [0.25, 0.3) is 5.22 Å². The Morgan fingerprint density at radius 1 is 1.09 bits per heavy atom. The molecule has 1 fully saturated rings. The largest absolute Gasteiger partial charge is 0.411 e. The SMILES string of the molecule is Cc1ccc(-c2nnc(SCC(=O)N(Cc3ccc(N(C)C)cc3)C[C@H]3CCCO3)o2)cc1. The van der Waals surface area contributed by atoms with Crippen molar-refractivity contribution in [2.24, 2.45) is 0 Å². The molecule has 0 aliphatic carbocycles. The third-order valence-electron chi connectivity index (χ3n) is 5.65. The molecule has 2 heterocycles. The lowest BCUT2D eigenvalue weighted by Gasteiger charge is -2.25. The Morgan fingerprint density at radius 3 is 2.52 bits per heavy atom. The molecule has 3 aromatic rings. The third-order valence-corrected chi connectivity index (χ3v) is 6.45. The molecule has 1 amide bonds. The van der Waals surface area contributed by atoms with Gasteiger partial charge in [0.1, 0.15) is 0 Å². The van der Waals surface area contributed by atoms with Crippen molar-refractivity contribution < 1.29 is 13.9 Å². The molecule has 2 aromatic carbocycles. The van der Waals surface area contributed by atoms with Crippen molar-refractivity contribution in [2.75, 3.05) is 37.9 Å². The summed E-state index contributed by atoms with van der Waals surface area (Å²) in [6.45, 7) is 3.94. The molecule has 1 aliphatic heterocycles. The van der Waals surface area contributed by atoms with Crippen LogP contribution >= 0.6 is 11.8 Å². The lowest BCUT2D eigenvalue weighted by Crippen LogP contribution is -2.38. The molecule has 8 heteroatoms. The van der Waals surface area contributed by atoms with E-state index in [0.717, 1.165) is 36.3 Å². The number of aromatic nitrogens is 2. The van der Waals surface area contributed by atoms with Gasteiger partial charge in [-0.15, -0.1) is 10.2 Å². The van der Waals surface area contributed by atoms with Gasteiger partial charge in [0, 0.05) is 45.0 Å². The van der Waals surface area contributed by atoms with Crippen molar-refractivity contribution in [1.82, 2.24) is 15.1 Å². The predicted octanol–water partition coefficient (Wildman–Crippen LogP) is 4.41. The molecule has 33 heavy (non-hydrogen) atoms. The summed E-state index contributed by atoms with van der Waals surface area (Å²) in [7, 11) is 4.03. The number of anilines is 1. The van der Waals surface area contributed by atoms with Crippen LogP contribution < -0.4 is 4.90 Å². The summed E-state index contributed by atoms with van der Waals surface area (Å²) < 4.78 is 11.6. The molecule has 0 bridgehead atoms. The van der Waals surface area contributed by atoms with E-state index >= 15 is 0 Å². The zero-order chi connectivity index (χ0) is 23.2. The van der Waals surface area contributed by atoms with Gasteiger partial charge in [-0.25, -0.2) is 0 Å². The van der Waals surface area contributed by atoms with Crippen molar-refractivity contribution in [1.29, 1.82) is 0 Å². The second kappa shape index (κ2) is 10.9. The second-order valence-corrected chi connectivity index (χ2v) is 9.42. The highest BCUT2D eigenvalue weighted by molar-refractivity contribution is 7.99. The van der Waals surface area contributed by atoms with Crippen LogP contribution in [0.5, 0.6) is 0 Å². The van der Waals surface area contributed by atoms with Gasteiger partial charge in [-0.3, -0.25) is 4.79 Å². The Hall–Kier alpha value is -2.84. The lowest BCUT2D eigenvalue weighted by molar-refractivity contribution is -0.130. The van der Waals surface area contributed by atoms with E-state index in [-0.39, 0.29) is 17.8 Å². The number of carbonyl (C=O) groups is 1. The number of benzene rings is 2. The van der Waals surface area contributed by atoms with Gasteiger partial charge in [-0.1, -0.05) is 41.6 Å². The Labute approximate surface area is 199 Å². The van der Waals surface area contributed by atoms with Crippen LogP contribution in [0.2, 0.25) is 0 Å². The average Bonchev–Trinajstić information content (AvgIpc) is 3.50. The minimum atomic E-state index is 0.0299. The van der Waals surface area contributed by atoms with Crippen LogP contribution in [0.4, 0.5) is 5.69 Å². The van der Waals surface area contributed by atoms with Crippen molar-refractivity contribution in [3.63, 3.8) is 0 Å². The molecule has 0 radical (unpaired) electrons. The van der Waals surface area contributed by atoms with Crippen molar-refractivity contribution in [3.05, 3.63) is 59.7 Å². The molecule has 0 unspecified atom stereocenters. The fraction of sp³-hybridized carbons (Fsp3) is 0.400. The highest BCUT2D eigenvalue weighted by Gasteiger charge is 2.23. The molecule has 4 rings (SSSR count). The van der Waals surface area contributed by atoms with Gasteiger partial charge in [0.05, 0.1) is 11.9 Å². The molecule has 1 atom stereocenters. The fourth-order valence-electron chi connectivity index (χ4n) is 3.70. The van der Waals surface area contributed by atoms with Gasteiger partial charge in [-0.2, -0.15) is 0 Å². The number of thioether (sulfide) groups is 1. The number of amides is 1. The summed E-state index contributed by atoms with van der Waals surface area (Å²) in [4.78, 5) is 17.1. The van der Waals surface area contributed by atoms with Crippen LogP contribution in [-0.2, 0) is 16.1 Å². The summed E-state index contributed by atoms with van der Waals surface area (Å²) in [5.41, 5.74) is 4.26. The molecule has 1 aromatic heterocycles. The first-order chi connectivity index (χ1) is 16.0. The van der Waals surface area contributed by atoms with E-state index in [9.17, 15) is 4.79 Å². The van der Waals surface area contributed by atoms with Gasteiger partial charge in [0.15, 0.2) is 0 Å². The Balaban J connectivity index is 1.39. The van der Waals surface area contributed by atoms with Crippen molar-refractivity contribution in [2.45, 2.75) is 37.6 Å². The van der Waals surface area contributed by atoms with Crippen LogP contribution in [0, 0.1) is 6.92 Å². The Kier molecular flexibility index (Phi) is 7.67. The number of nitrogens with zero attached hydrogens (tertiary/aromatic N) is 4. The second-order valence-electron chi connectivity index (χ2n) is 8.50. The zero-order valence-electron chi connectivity index (χ0n) is 19.4. The number of aryl methyl sites for hydroxylation is 1. The quantitative estimate of drug-likeness (QED) is 0.433. The Morgan fingerprint density at radius 2 is 1.85 bits per heavy atom. The van der Waals surface area contributed by atoms with E-state index in [4.69, 9.17) is 9.15 Å². The van der Waals surface area contributed by atoms with Crippen LogP contribution in [0.1, 0.15) is 24.0 Å². The minimum absolute atomic E-state index is 0.0299. The normalized spacial score (nSPS) is 15.5. The topological polar surface area (TPSA) is 71.7 Å². The highest BCUT2D eigenvalue weighted by Crippen LogP contribution is 2.24. The smallest absolute Gasteiger partial charge is 0.277 e. The lowest BCUT2D eigenvalue weighted by atomic mass is 10.1. The van der Waals surface area contributed by atoms with Crippen LogP contribution in [0.25, 0.3) is 11.5 Å². The van der Waals surface area contributed by atoms with E-state index in [1.165, 1.54) is 17.3 Å². The standard InChI is InChI=1S/C25H30N4O3S/c1-18-6-10-20(11-7-18)24-26-27-25(32-24)33-17-23(30)29(16-22-5-4-14-31-22)15-19-8-12-21(13-9-19)28(2)3/h6-13,22H,4-5,14-17H2,1-3H3/t22-/m1/s1. The number of hydrogen-bond acceptors (Lipinski definition) is 7. The van der Waals surface area contributed by atoms with Gasteiger partial charge in [-0.05, 0) is 49.6 Å². The minimum Gasteiger partial charge on any atom is -0.411 e. The van der Waals surface area contributed by atoms with Crippen molar-refractivity contribution >= 4 is 23.4 Å². The zero-order valence-corrected chi connectivity index (χ0v) is 20.2. The van der Waals surface area contributed by atoms with Gasteiger partial charge < -0.3 is 19.0 Å². The van der Waals surface area contributed by atoms with Gasteiger partial charge >= 0.3 is 0 Å². The molecule has 0 N–H and O–H groups in total. The molecule has 174 valence electrons. The van der Waals surface area contributed by atoms with E-state index in [1.54, 1.807) is 0 Å². The van der Waals surface area contributed by atoms with Crippen LogP contribution in [-0.4, -0.2) is 60.1 Å². The predicted molar refractivity (Wildman–Crippen MR) is 130 cm³/mol. The molecule has 7 nitrogen and oxygen atoms in total. The number of hydrogen-bond donors (Lipinski definition) is 0. The van der Waals surface area contributed by atoms with E-state index in [0.29, 0.717) is 24.2 Å². The van der Waals surface area contributed by atoms with Crippen LogP contribution in [0.15, 0.2) is 58.2 Å². The number of rotatable bonds is 9. The van der Waals surface area contributed by atoms with E-state index < -0.39 is 0 Å². The first kappa shape index (κ1) is 23.3. The Bertz CT molecular complexity index is 1040. The summed E-state index contributed by atoms with van der Waals surface area (Å²) in [6.07, 6.45) is 2.12. The molecular weight excluding hydrogens is 436 g/mol. The van der Waals surface area contributed by atoms with Crippen molar-refractivity contribution in [3.8, 4) is 11.5 Å². The molecule has 0 saturated carbocycles.